The van der Waals surface area contributed by atoms with Gasteiger partial charge in [-0.25, -0.2) is 9.50 Å². The minimum atomic E-state index is -0.867. The van der Waals surface area contributed by atoms with Crippen LogP contribution in [0.15, 0.2) is 54.0 Å². The molecule has 4 heterocycles. The van der Waals surface area contributed by atoms with Gasteiger partial charge < -0.3 is 5.11 Å². The van der Waals surface area contributed by atoms with E-state index in [1.165, 1.54) is 0 Å². The summed E-state index contributed by atoms with van der Waals surface area (Å²) in [5.41, 5.74) is 4.44. The number of aromatic nitrogens is 5. The lowest BCUT2D eigenvalue weighted by atomic mass is 10.1. The van der Waals surface area contributed by atoms with Crippen LogP contribution < -0.4 is 0 Å². The van der Waals surface area contributed by atoms with Crippen molar-refractivity contribution in [3.05, 3.63) is 65.9 Å². The molecule has 0 radical (unpaired) electrons. The molecule has 0 spiro atoms. The topological polar surface area (TPSA) is 91.8 Å². The summed E-state index contributed by atoms with van der Waals surface area (Å²) >= 11 is 0. The van der Waals surface area contributed by atoms with Gasteiger partial charge in [0.2, 0.25) is 0 Å². The minimum absolute atomic E-state index is 0.128. The highest BCUT2D eigenvalue weighted by molar-refractivity contribution is 5.74. The van der Waals surface area contributed by atoms with Crippen LogP contribution in [0, 0.1) is 0 Å². The summed E-state index contributed by atoms with van der Waals surface area (Å²) in [7, 11) is 1.93. The molecule has 2 atom stereocenters. The summed E-state index contributed by atoms with van der Waals surface area (Å²) in [6.45, 7) is 0.786. The average Bonchev–Trinajstić information content (AvgIpc) is 3.32. The van der Waals surface area contributed by atoms with Crippen molar-refractivity contribution in [2.75, 3.05) is 13.6 Å². The number of hydrazone groups is 1. The maximum atomic E-state index is 11.0. The average molecular weight is 359 g/mol. The normalized spacial score (nSPS) is 17.9. The molecule has 0 fully saturated rings. The number of likely N-dealkylation sites (N-methyl/N-ethyl adjacent to an activating group) is 1. The summed E-state index contributed by atoms with van der Waals surface area (Å²) in [5, 5.41) is 21.8. The first-order chi connectivity index (χ1) is 13.2. The number of imidazole rings is 1. The fourth-order valence-corrected chi connectivity index (χ4v) is 3.35. The fraction of sp³-hybridized carbons (Fsp3) is 0.211. The molecule has 0 saturated heterocycles. The molecule has 1 aromatic carbocycles. The molecule has 2 unspecified atom stereocenters. The lowest BCUT2D eigenvalue weighted by Gasteiger charge is -2.13. The molecule has 5 rings (SSSR count). The van der Waals surface area contributed by atoms with E-state index in [4.69, 9.17) is 5.10 Å². The van der Waals surface area contributed by atoms with Crippen LogP contribution in [0.5, 0.6) is 0 Å². The third-order valence-corrected chi connectivity index (χ3v) is 4.78. The van der Waals surface area contributed by atoms with Crippen LogP contribution in [0.25, 0.3) is 16.7 Å². The molecular formula is C19H17N7O. The Balaban J connectivity index is 1.55. The Kier molecular flexibility index (Phi) is 3.58. The van der Waals surface area contributed by atoms with E-state index in [-0.39, 0.29) is 5.92 Å². The van der Waals surface area contributed by atoms with Crippen LogP contribution in [0.1, 0.15) is 29.0 Å². The predicted octanol–water partition coefficient (Wildman–Crippen LogP) is 1.77. The Bertz CT molecular complexity index is 1170. The monoisotopic (exact) mass is 359 g/mol. The van der Waals surface area contributed by atoms with Crippen LogP contribution in [0.3, 0.4) is 0 Å². The number of rotatable bonds is 3. The summed E-state index contributed by atoms with van der Waals surface area (Å²) in [6, 6.07) is 9.42. The molecular weight excluding hydrogens is 342 g/mol. The van der Waals surface area contributed by atoms with Crippen LogP contribution in [-0.2, 0) is 0 Å². The van der Waals surface area contributed by atoms with Crippen molar-refractivity contribution < 1.29 is 5.11 Å². The van der Waals surface area contributed by atoms with Gasteiger partial charge in [-0.1, -0.05) is 6.07 Å². The summed E-state index contributed by atoms with van der Waals surface area (Å²) in [4.78, 5) is 13.0. The number of fused-ring (bicyclic) bond motifs is 2. The van der Waals surface area contributed by atoms with Crippen molar-refractivity contribution in [3.63, 3.8) is 0 Å². The standard InChI is InChI=1S/C19H17N7O/c1-25-11-13(9-23-25)14-4-5-18-22-10-17(26(18)24-14)19(27)12-2-3-15-16(8-12)21-7-6-20-15/h2-10,13,19,27H,11H2,1H3. The second kappa shape index (κ2) is 6.10. The lowest BCUT2D eigenvalue weighted by Crippen LogP contribution is -2.15. The SMILES string of the molecule is CN1CC(c2ccc3ncc(C(O)c4ccc5nccnc5c4)n3n2)C=N1. The van der Waals surface area contributed by atoms with Crippen molar-refractivity contribution >= 4 is 22.9 Å². The van der Waals surface area contributed by atoms with Crippen LogP contribution >= 0.6 is 0 Å². The van der Waals surface area contributed by atoms with Crippen molar-refractivity contribution in [1.82, 2.24) is 29.6 Å². The zero-order valence-electron chi connectivity index (χ0n) is 14.6. The molecule has 4 aromatic rings. The largest absolute Gasteiger partial charge is 0.382 e. The quantitative estimate of drug-likeness (QED) is 0.599. The molecule has 1 aliphatic rings. The minimum Gasteiger partial charge on any atom is -0.382 e. The highest BCUT2D eigenvalue weighted by atomic mass is 16.3. The Morgan fingerprint density at radius 3 is 2.74 bits per heavy atom. The van der Waals surface area contributed by atoms with Crippen LogP contribution in [-0.4, -0.2) is 54.5 Å². The van der Waals surface area contributed by atoms with Crippen molar-refractivity contribution in [3.8, 4) is 0 Å². The molecule has 8 heteroatoms. The molecule has 8 nitrogen and oxygen atoms in total. The first-order valence-electron chi connectivity index (χ1n) is 8.67. The third kappa shape index (κ3) is 2.70. The van der Waals surface area contributed by atoms with Gasteiger partial charge in [-0.2, -0.15) is 10.2 Å². The first kappa shape index (κ1) is 15.8. The highest BCUT2D eigenvalue weighted by Crippen LogP contribution is 2.25. The fourth-order valence-electron chi connectivity index (χ4n) is 3.35. The summed E-state index contributed by atoms with van der Waals surface area (Å²) < 4.78 is 1.70. The van der Waals surface area contributed by atoms with Crippen LogP contribution in [0.4, 0.5) is 0 Å². The van der Waals surface area contributed by atoms with Crippen LogP contribution in [0.2, 0.25) is 0 Å². The molecule has 1 aliphatic heterocycles. The van der Waals surface area contributed by atoms with Gasteiger partial charge >= 0.3 is 0 Å². The zero-order valence-corrected chi connectivity index (χ0v) is 14.6. The second-order valence-corrected chi connectivity index (χ2v) is 6.63. The van der Waals surface area contributed by atoms with Crippen molar-refractivity contribution in [2.45, 2.75) is 12.0 Å². The molecule has 134 valence electrons. The molecule has 0 bridgehead atoms. The van der Waals surface area contributed by atoms with Gasteiger partial charge in [-0.05, 0) is 29.8 Å². The van der Waals surface area contributed by atoms with Gasteiger partial charge in [0, 0.05) is 32.2 Å². The van der Waals surface area contributed by atoms with E-state index in [0.29, 0.717) is 11.3 Å². The van der Waals surface area contributed by atoms with E-state index in [1.807, 2.05) is 48.6 Å². The Labute approximate surface area is 154 Å². The molecule has 0 amide bonds. The second-order valence-electron chi connectivity index (χ2n) is 6.63. The molecule has 1 N–H and O–H groups in total. The van der Waals surface area contributed by atoms with Gasteiger partial charge in [0.1, 0.15) is 6.10 Å². The molecule has 27 heavy (non-hydrogen) atoms. The summed E-state index contributed by atoms with van der Waals surface area (Å²) in [6.07, 6.45) is 5.98. The van der Waals surface area contributed by atoms with Gasteiger partial charge in [0.25, 0.3) is 0 Å². The number of aliphatic hydroxyl groups is 1. The van der Waals surface area contributed by atoms with Crippen molar-refractivity contribution in [2.24, 2.45) is 5.10 Å². The zero-order chi connectivity index (χ0) is 18.4. The lowest BCUT2D eigenvalue weighted by molar-refractivity contribution is 0.213. The number of aliphatic hydroxyl groups excluding tert-OH is 1. The predicted molar refractivity (Wildman–Crippen MR) is 100 cm³/mol. The van der Waals surface area contributed by atoms with Crippen molar-refractivity contribution in [1.29, 1.82) is 0 Å². The van der Waals surface area contributed by atoms with E-state index in [1.54, 1.807) is 23.1 Å². The summed E-state index contributed by atoms with van der Waals surface area (Å²) in [5.74, 6) is 0.128. The van der Waals surface area contributed by atoms with Gasteiger partial charge in [-0.15, -0.1) is 0 Å². The Hall–Kier alpha value is -3.39. The molecule has 0 saturated carbocycles. The van der Waals surface area contributed by atoms with Gasteiger partial charge in [-0.3, -0.25) is 15.0 Å². The Morgan fingerprint density at radius 2 is 1.93 bits per heavy atom. The van der Waals surface area contributed by atoms with E-state index in [9.17, 15) is 5.11 Å². The van der Waals surface area contributed by atoms with E-state index < -0.39 is 6.10 Å². The van der Waals surface area contributed by atoms with E-state index in [2.05, 4.69) is 20.1 Å². The molecule has 3 aromatic heterocycles. The number of nitrogens with zero attached hydrogens (tertiary/aromatic N) is 7. The Morgan fingerprint density at radius 1 is 1.07 bits per heavy atom. The molecule has 0 aliphatic carbocycles. The van der Waals surface area contributed by atoms with E-state index in [0.717, 1.165) is 28.8 Å². The smallest absolute Gasteiger partial charge is 0.153 e. The number of hydrogen-bond donors (Lipinski definition) is 1. The van der Waals surface area contributed by atoms with E-state index >= 15 is 0 Å². The third-order valence-electron chi connectivity index (χ3n) is 4.78. The maximum absolute atomic E-state index is 11.0. The highest BCUT2D eigenvalue weighted by Gasteiger charge is 2.21. The maximum Gasteiger partial charge on any atom is 0.153 e. The van der Waals surface area contributed by atoms with Gasteiger partial charge in [0.05, 0.1) is 34.5 Å². The first-order valence-corrected chi connectivity index (χ1v) is 8.67. The number of hydrogen-bond acceptors (Lipinski definition) is 7. The van der Waals surface area contributed by atoms with Gasteiger partial charge in [0.15, 0.2) is 5.65 Å². The number of benzene rings is 1.